The van der Waals surface area contributed by atoms with Crippen molar-refractivity contribution in [2.45, 2.75) is 26.8 Å². The highest BCUT2D eigenvalue weighted by atomic mass is 19.1. The van der Waals surface area contributed by atoms with E-state index in [-0.39, 0.29) is 29.5 Å². The average Bonchev–Trinajstić information content (AvgIpc) is 2.59. The van der Waals surface area contributed by atoms with E-state index in [9.17, 15) is 18.8 Å². The summed E-state index contributed by atoms with van der Waals surface area (Å²) < 4.78 is 13.9. The number of hydrogen-bond donors (Lipinski definition) is 3. The number of halogens is 1. The number of carbonyl (C=O) groups is 3. The second-order valence-corrected chi connectivity index (χ2v) is 6.53. The van der Waals surface area contributed by atoms with Crippen LogP contribution in [0.15, 0.2) is 42.5 Å². The van der Waals surface area contributed by atoms with Gasteiger partial charge in [-0.25, -0.2) is 9.18 Å². The number of aromatic carboxylic acids is 1. The Kier molecular flexibility index (Phi) is 6.65. The van der Waals surface area contributed by atoms with Crippen molar-refractivity contribution >= 4 is 23.5 Å². The van der Waals surface area contributed by atoms with E-state index in [0.29, 0.717) is 12.1 Å². The summed E-state index contributed by atoms with van der Waals surface area (Å²) in [6, 6.07) is 10.1. The van der Waals surface area contributed by atoms with E-state index in [1.165, 1.54) is 6.07 Å². The molecule has 2 amide bonds. The number of anilines is 1. The molecule has 0 radical (unpaired) electrons. The van der Waals surface area contributed by atoms with Crippen LogP contribution in [0.3, 0.4) is 0 Å². The monoisotopic (exact) mass is 372 g/mol. The van der Waals surface area contributed by atoms with Gasteiger partial charge in [0.1, 0.15) is 5.82 Å². The third-order valence-corrected chi connectivity index (χ3v) is 3.72. The maximum Gasteiger partial charge on any atom is 0.335 e. The van der Waals surface area contributed by atoms with Gasteiger partial charge >= 0.3 is 5.97 Å². The van der Waals surface area contributed by atoms with E-state index in [1.807, 2.05) is 13.8 Å². The number of carboxylic acid groups (broad SMARTS) is 1. The molecular weight excluding hydrogens is 351 g/mol. The topological polar surface area (TPSA) is 95.5 Å². The van der Waals surface area contributed by atoms with Crippen LogP contribution in [-0.2, 0) is 11.3 Å². The molecule has 2 aromatic carbocycles. The van der Waals surface area contributed by atoms with Crippen LogP contribution in [0.25, 0.3) is 0 Å². The fraction of sp³-hybridized carbons (Fsp3) is 0.250. The third kappa shape index (κ3) is 5.91. The standard InChI is InChI=1S/C20H21FN2O4/c1-12(2)8-18(24)23-15-5-3-4-13(9-15)11-22-19(25)16-7-6-14(20(26)27)10-17(16)21/h3-7,9-10,12H,8,11H2,1-2H3,(H,22,25)(H,23,24)(H,26,27). The Balaban J connectivity index is 2.00. The van der Waals surface area contributed by atoms with Crippen molar-refractivity contribution in [3.63, 3.8) is 0 Å². The smallest absolute Gasteiger partial charge is 0.335 e. The molecule has 6 nitrogen and oxygen atoms in total. The Morgan fingerprint density at radius 1 is 1.11 bits per heavy atom. The van der Waals surface area contributed by atoms with E-state index in [2.05, 4.69) is 10.6 Å². The van der Waals surface area contributed by atoms with Gasteiger partial charge in [0, 0.05) is 18.7 Å². The molecule has 0 spiro atoms. The van der Waals surface area contributed by atoms with Crippen molar-refractivity contribution in [2.24, 2.45) is 5.92 Å². The highest BCUT2D eigenvalue weighted by molar-refractivity contribution is 5.96. The molecule has 27 heavy (non-hydrogen) atoms. The number of nitrogens with one attached hydrogen (secondary N) is 2. The SMILES string of the molecule is CC(C)CC(=O)Nc1cccc(CNC(=O)c2ccc(C(=O)O)cc2F)c1. The summed E-state index contributed by atoms with van der Waals surface area (Å²) in [6.07, 6.45) is 0.409. The molecule has 2 rings (SSSR count). The van der Waals surface area contributed by atoms with Gasteiger partial charge in [0.25, 0.3) is 5.91 Å². The molecule has 0 aliphatic carbocycles. The van der Waals surface area contributed by atoms with Gasteiger partial charge in [0.05, 0.1) is 11.1 Å². The normalized spacial score (nSPS) is 10.5. The summed E-state index contributed by atoms with van der Waals surface area (Å²) >= 11 is 0. The van der Waals surface area contributed by atoms with Crippen LogP contribution >= 0.6 is 0 Å². The predicted molar refractivity (Wildman–Crippen MR) is 99.1 cm³/mol. The lowest BCUT2D eigenvalue weighted by molar-refractivity contribution is -0.116. The molecule has 0 heterocycles. The fourth-order valence-corrected chi connectivity index (χ4v) is 2.45. The highest BCUT2D eigenvalue weighted by Gasteiger charge is 2.14. The van der Waals surface area contributed by atoms with Gasteiger partial charge in [-0.1, -0.05) is 26.0 Å². The second kappa shape index (κ2) is 8.93. The van der Waals surface area contributed by atoms with E-state index in [4.69, 9.17) is 5.11 Å². The number of hydrogen-bond acceptors (Lipinski definition) is 3. The molecule has 0 saturated heterocycles. The van der Waals surface area contributed by atoms with Crippen LogP contribution in [0.2, 0.25) is 0 Å². The van der Waals surface area contributed by atoms with E-state index in [1.54, 1.807) is 24.3 Å². The maximum atomic E-state index is 13.9. The first-order valence-corrected chi connectivity index (χ1v) is 8.46. The second-order valence-electron chi connectivity index (χ2n) is 6.53. The highest BCUT2D eigenvalue weighted by Crippen LogP contribution is 2.14. The van der Waals surface area contributed by atoms with Crippen LogP contribution in [0.5, 0.6) is 0 Å². The van der Waals surface area contributed by atoms with Crippen LogP contribution in [0, 0.1) is 11.7 Å². The predicted octanol–water partition coefficient (Wildman–Crippen LogP) is 3.44. The molecule has 0 unspecified atom stereocenters. The average molecular weight is 372 g/mol. The molecule has 0 aromatic heterocycles. The van der Waals surface area contributed by atoms with Crippen molar-refractivity contribution in [3.8, 4) is 0 Å². The maximum absolute atomic E-state index is 13.9. The summed E-state index contributed by atoms with van der Waals surface area (Å²) in [5, 5.41) is 14.2. The number of carbonyl (C=O) groups excluding carboxylic acids is 2. The Morgan fingerprint density at radius 3 is 2.48 bits per heavy atom. The van der Waals surface area contributed by atoms with Crippen molar-refractivity contribution < 1.29 is 23.9 Å². The van der Waals surface area contributed by atoms with E-state index < -0.39 is 17.7 Å². The van der Waals surface area contributed by atoms with Crippen LogP contribution in [-0.4, -0.2) is 22.9 Å². The van der Waals surface area contributed by atoms with Crippen molar-refractivity contribution in [2.75, 3.05) is 5.32 Å². The van der Waals surface area contributed by atoms with E-state index >= 15 is 0 Å². The fourth-order valence-electron chi connectivity index (χ4n) is 2.45. The number of carboxylic acids is 1. The molecule has 0 fully saturated rings. The third-order valence-electron chi connectivity index (χ3n) is 3.72. The zero-order chi connectivity index (χ0) is 20.0. The van der Waals surface area contributed by atoms with Gasteiger partial charge in [-0.3, -0.25) is 9.59 Å². The van der Waals surface area contributed by atoms with Crippen LogP contribution < -0.4 is 10.6 Å². The molecule has 2 aromatic rings. The minimum Gasteiger partial charge on any atom is -0.478 e. The number of benzene rings is 2. The Hall–Kier alpha value is -3.22. The minimum absolute atomic E-state index is 0.0909. The van der Waals surface area contributed by atoms with Gasteiger partial charge in [0.2, 0.25) is 5.91 Å². The Morgan fingerprint density at radius 2 is 1.85 bits per heavy atom. The van der Waals surface area contributed by atoms with Gasteiger partial charge in [-0.15, -0.1) is 0 Å². The van der Waals surface area contributed by atoms with Gasteiger partial charge in [-0.05, 0) is 41.8 Å². The molecule has 0 saturated carbocycles. The van der Waals surface area contributed by atoms with Gasteiger partial charge in [-0.2, -0.15) is 0 Å². The molecule has 142 valence electrons. The van der Waals surface area contributed by atoms with Crippen molar-refractivity contribution in [3.05, 3.63) is 65.0 Å². The molecular formula is C20H21FN2O4. The lowest BCUT2D eigenvalue weighted by atomic mass is 10.1. The van der Waals surface area contributed by atoms with Crippen LogP contribution in [0.1, 0.15) is 46.5 Å². The summed E-state index contributed by atoms with van der Waals surface area (Å²) in [7, 11) is 0. The first-order valence-electron chi connectivity index (χ1n) is 8.46. The van der Waals surface area contributed by atoms with E-state index in [0.717, 1.165) is 17.7 Å². The quantitative estimate of drug-likeness (QED) is 0.694. The summed E-state index contributed by atoms with van der Waals surface area (Å²) in [6.45, 7) is 4.04. The van der Waals surface area contributed by atoms with Crippen molar-refractivity contribution in [1.29, 1.82) is 0 Å². The number of rotatable bonds is 7. The molecule has 0 aliphatic rings. The van der Waals surface area contributed by atoms with Gasteiger partial charge < -0.3 is 15.7 Å². The lowest BCUT2D eigenvalue weighted by Gasteiger charge is -2.10. The molecule has 3 N–H and O–H groups in total. The molecule has 0 aliphatic heterocycles. The first-order chi connectivity index (χ1) is 12.8. The summed E-state index contributed by atoms with van der Waals surface area (Å²) in [4.78, 5) is 34.8. The largest absolute Gasteiger partial charge is 0.478 e. The Labute approximate surface area is 156 Å². The minimum atomic E-state index is -1.27. The zero-order valence-electron chi connectivity index (χ0n) is 15.1. The molecule has 7 heteroatoms. The van der Waals surface area contributed by atoms with Crippen molar-refractivity contribution in [1.82, 2.24) is 5.32 Å². The number of amides is 2. The lowest BCUT2D eigenvalue weighted by Crippen LogP contribution is -2.24. The molecule has 0 atom stereocenters. The zero-order valence-corrected chi connectivity index (χ0v) is 15.1. The van der Waals surface area contributed by atoms with Crippen LogP contribution in [0.4, 0.5) is 10.1 Å². The first kappa shape index (κ1) is 20.1. The summed E-state index contributed by atoms with van der Waals surface area (Å²) in [5.74, 6) is -2.67. The summed E-state index contributed by atoms with van der Waals surface area (Å²) in [5.41, 5.74) is 0.882. The molecule has 0 bridgehead atoms. The Bertz CT molecular complexity index is 865. The van der Waals surface area contributed by atoms with Gasteiger partial charge in [0.15, 0.2) is 0 Å².